The maximum atomic E-state index is 9.08. The minimum Gasteiger partial charge on any atom is -0.488 e. The molecular formula is C11H15BrO2. The first-order valence-electron chi connectivity index (χ1n) is 4.66. The van der Waals surface area contributed by atoms with Gasteiger partial charge in [0.25, 0.3) is 0 Å². The Bertz CT molecular complexity index is 269. The van der Waals surface area contributed by atoms with Crippen LogP contribution in [0.1, 0.15) is 13.8 Å². The Morgan fingerprint density at radius 3 is 2.29 bits per heavy atom. The highest BCUT2D eigenvalue weighted by atomic mass is 79.9. The predicted octanol–water partition coefficient (Wildman–Crippen LogP) is 2.84. The van der Waals surface area contributed by atoms with Gasteiger partial charge in [0, 0.05) is 4.47 Å². The number of hydrogen-bond acceptors (Lipinski definition) is 2. The zero-order chi connectivity index (χ0) is 10.6. The third-order valence-corrected chi connectivity index (χ3v) is 2.55. The van der Waals surface area contributed by atoms with Crippen molar-refractivity contribution in [1.82, 2.24) is 0 Å². The summed E-state index contributed by atoms with van der Waals surface area (Å²) in [6.45, 7) is 4.10. The van der Waals surface area contributed by atoms with Crippen LogP contribution in [0, 0.1) is 5.92 Å². The molecule has 0 amide bonds. The van der Waals surface area contributed by atoms with E-state index in [2.05, 4.69) is 15.9 Å². The van der Waals surface area contributed by atoms with Crippen molar-refractivity contribution >= 4 is 15.9 Å². The standard InChI is InChI=1S/C11H15BrO2/c1-8(2)11(7-13)14-10-5-3-9(12)4-6-10/h3-6,8,11,13H,7H2,1-2H3/t11-/m1/s1. The van der Waals surface area contributed by atoms with Crippen LogP contribution >= 0.6 is 15.9 Å². The summed E-state index contributed by atoms with van der Waals surface area (Å²) in [6.07, 6.45) is -0.129. The first-order chi connectivity index (χ1) is 6.63. The molecule has 0 fully saturated rings. The molecule has 0 saturated carbocycles. The molecule has 1 aromatic rings. The average molecular weight is 259 g/mol. The Balaban J connectivity index is 2.63. The quantitative estimate of drug-likeness (QED) is 0.900. The molecule has 1 aromatic carbocycles. The normalized spacial score (nSPS) is 12.9. The molecular weight excluding hydrogens is 244 g/mol. The van der Waals surface area contributed by atoms with Gasteiger partial charge in [0.2, 0.25) is 0 Å². The Kier molecular flexibility index (Phi) is 4.42. The third-order valence-electron chi connectivity index (χ3n) is 2.02. The maximum absolute atomic E-state index is 9.08. The monoisotopic (exact) mass is 258 g/mol. The van der Waals surface area contributed by atoms with Crippen LogP contribution in [-0.4, -0.2) is 17.8 Å². The first kappa shape index (κ1) is 11.5. The van der Waals surface area contributed by atoms with E-state index in [9.17, 15) is 0 Å². The van der Waals surface area contributed by atoms with Crippen molar-refractivity contribution < 1.29 is 9.84 Å². The van der Waals surface area contributed by atoms with E-state index >= 15 is 0 Å². The summed E-state index contributed by atoms with van der Waals surface area (Å²) in [4.78, 5) is 0. The molecule has 1 N–H and O–H groups in total. The molecule has 0 heterocycles. The molecule has 0 aromatic heterocycles. The Hall–Kier alpha value is -0.540. The molecule has 3 heteroatoms. The van der Waals surface area contributed by atoms with Gasteiger partial charge in [-0.25, -0.2) is 0 Å². The SMILES string of the molecule is CC(C)[C@@H](CO)Oc1ccc(Br)cc1. The molecule has 0 aliphatic carbocycles. The van der Waals surface area contributed by atoms with Crippen molar-refractivity contribution in [3.05, 3.63) is 28.7 Å². The molecule has 0 unspecified atom stereocenters. The van der Waals surface area contributed by atoms with Gasteiger partial charge < -0.3 is 9.84 Å². The van der Waals surface area contributed by atoms with Crippen LogP contribution in [0.4, 0.5) is 0 Å². The van der Waals surface area contributed by atoms with Crippen LogP contribution in [-0.2, 0) is 0 Å². The largest absolute Gasteiger partial charge is 0.488 e. The van der Waals surface area contributed by atoms with Gasteiger partial charge in [-0.3, -0.25) is 0 Å². The fourth-order valence-corrected chi connectivity index (χ4v) is 1.34. The van der Waals surface area contributed by atoms with E-state index in [0.29, 0.717) is 5.92 Å². The molecule has 1 rings (SSSR count). The average Bonchev–Trinajstić information content (AvgIpc) is 2.16. The van der Waals surface area contributed by atoms with Crippen molar-refractivity contribution in [2.75, 3.05) is 6.61 Å². The second-order valence-corrected chi connectivity index (χ2v) is 4.45. The molecule has 0 bridgehead atoms. The Labute approximate surface area is 93.0 Å². The van der Waals surface area contributed by atoms with Gasteiger partial charge in [-0.1, -0.05) is 29.8 Å². The lowest BCUT2D eigenvalue weighted by atomic mass is 10.1. The molecule has 0 radical (unpaired) electrons. The van der Waals surface area contributed by atoms with Gasteiger partial charge in [0.15, 0.2) is 0 Å². The lowest BCUT2D eigenvalue weighted by Gasteiger charge is -2.20. The van der Waals surface area contributed by atoms with Gasteiger partial charge in [-0.2, -0.15) is 0 Å². The lowest BCUT2D eigenvalue weighted by Crippen LogP contribution is -2.27. The summed E-state index contributed by atoms with van der Waals surface area (Å²) in [5, 5.41) is 9.08. The number of benzene rings is 1. The summed E-state index contributed by atoms with van der Waals surface area (Å²) in [7, 11) is 0. The Morgan fingerprint density at radius 1 is 1.29 bits per heavy atom. The highest BCUT2D eigenvalue weighted by molar-refractivity contribution is 9.10. The molecule has 2 nitrogen and oxygen atoms in total. The van der Waals surface area contributed by atoms with Gasteiger partial charge in [0.1, 0.15) is 11.9 Å². The van der Waals surface area contributed by atoms with Crippen LogP contribution in [0.5, 0.6) is 5.75 Å². The van der Waals surface area contributed by atoms with Crippen molar-refractivity contribution in [3.8, 4) is 5.75 Å². The topological polar surface area (TPSA) is 29.5 Å². The van der Waals surface area contributed by atoms with Gasteiger partial charge in [-0.05, 0) is 30.2 Å². The highest BCUT2D eigenvalue weighted by Gasteiger charge is 2.13. The number of aliphatic hydroxyl groups excluding tert-OH is 1. The second kappa shape index (κ2) is 5.37. The van der Waals surface area contributed by atoms with E-state index in [1.807, 2.05) is 38.1 Å². The third kappa shape index (κ3) is 3.31. The number of aliphatic hydroxyl groups is 1. The summed E-state index contributed by atoms with van der Waals surface area (Å²) in [5.41, 5.74) is 0. The predicted molar refractivity (Wildman–Crippen MR) is 60.5 cm³/mol. The molecule has 0 saturated heterocycles. The van der Waals surface area contributed by atoms with E-state index in [1.54, 1.807) is 0 Å². The van der Waals surface area contributed by atoms with E-state index in [4.69, 9.17) is 9.84 Å². The maximum Gasteiger partial charge on any atom is 0.124 e. The number of rotatable bonds is 4. The van der Waals surface area contributed by atoms with Crippen LogP contribution in [0.3, 0.4) is 0 Å². The fourth-order valence-electron chi connectivity index (χ4n) is 1.07. The highest BCUT2D eigenvalue weighted by Crippen LogP contribution is 2.19. The van der Waals surface area contributed by atoms with E-state index < -0.39 is 0 Å². The Morgan fingerprint density at radius 2 is 1.86 bits per heavy atom. The lowest BCUT2D eigenvalue weighted by molar-refractivity contribution is 0.0801. The molecule has 78 valence electrons. The summed E-state index contributed by atoms with van der Waals surface area (Å²) >= 11 is 3.35. The molecule has 1 atom stereocenters. The van der Waals surface area contributed by atoms with E-state index in [1.165, 1.54) is 0 Å². The number of hydrogen-bond donors (Lipinski definition) is 1. The minimum absolute atomic E-state index is 0.0493. The first-order valence-corrected chi connectivity index (χ1v) is 5.46. The van der Waals surface area contributed by atoms with E-state index in [0.717, 1.165) is 10.2 Å². The number of halogens is 1. The molecule has 0 aliphatic rings. The van der Waals surface area contributed by atoms with Crippen LogP contribution in [0.15, 0.2) is 28.7 Å². The van der Waals surface area contributed by atoms with Crippen molar-refractivity contribution in [3.63, 3.8) is 0 Å². The zero-order valence-electron chi connectivity index (χ0n) is 8.40. The summed E-state index contributed by atoms with van der Waals surface area (Å²) < 4.78 is 6.63. The van der Waals surface area contributed by atoms with Crippen molar-refractivity contribution in [2.24, 2.45) is 5.92 Å². The minimum atomic E-state index is -0.129. The smallest absolute Gasteiger partial charge is 0.124 e. The van der Waals surface area contributed by atoms with Crippen LogP contribution < -0.4 is 4.74 Å². The summed E-state index contributed by atoms with van der Waals surface area (Å²) in [6, 6.07) is 7.61. The molecule has 0 spiro atoms. The van der Waals surface area contributed by atoms with Gasteiger partial charge >= 0.3 is 0 Å². The summed E-state index contributed by atoms with van der Waals surface area (Å²) in [5.74, 6) is 1.10. The fraction of sp³-hybridized carbons (Fsp3) is 0.455. The van der Waals surface area contributed by atoms with E-state index in [-0.39, 0.29) is 12.7 Å². The van der Waals surface area contributed by atoms with Crippen molar-refractivity contribution in [2.45, 2.75) is 20.0 Å². The van der Waals surface area contributed by atoms with Gasteiger partial charge in [0.05, 0.1) is 6.61 Å². The van der Waals surface area contributed by atoms with Crippen molar-refractivity contribution in [1.29, 1.82) is 0 Å². The van der Waals surface area contributed by atoms with Crippen LogP contribution in [0.2, 0.25) is 0 Å². The second-order valence-electron chi connectivity index (χ2n) is 3.54. The zero-order valence-corrected chi connectivity index (χ0v) is 9.99. The number of ether oxygens (including phenoxy) is 1. The van der Waals surface area contributed by atoms with Crippen LogP contribution in [0.25, 0.3) is 0 Å². The molecule has 0 aliphatic heterocycles. The molecule has 14 heavy (non-hydrogen) atoms. The van der Waals surface area contributed by atoms with Gasteiger partial charge in [-0.15, -0.1) is 0 Å².